The van der Waals surface area contributed by atoms with Gasteiger partial charge < -0.3 is 25.0 Å². The first-order chi connectivity index (χ1) is 14.1. The summed E-state index contributed by atoms with van der Waals surface area (Å²) in [5, 5.41) is 6.17. The van der Waals surface area contributed by atoms with Crippen molar-refractivity contribution in [2.75, 3.05) is 40.9 Å². The summed E-state index contributed by atoms with van der Waals surface area (Å²) in [6.45, 7) is 4.36. The summed E-state index contributed by atoms with van der Waals surface area (Å²) in [7, 11) is 5.24. The van der Waals surface area contributed by atoms with Crippen molar-refractivity contribution >= 4 is 11.9 Å². The van der Waals surface area contributed by atoms with Crippen LogP contribution in [-0.4, -0.2) is 57.7 Å². The molecule has 2 aromatic rings. The minimum atomic E-state index is -0.129. The molecule has 29 heavy (non-hydrogen) atoms. The van der Waals surface area contributed by atoms with Crippen LogP contribution in [0.3, 0.4) is 0 Å². The normalized spacial score (nSPS) is 11.0. The number of rotatable bonds is 9. The molecule has 7 nitrogen and oxygen atoms in total. The fourth-order valence-corrected chi connectivity index (χ4v) is 2.81. The van der Waals surface area contributed by atoms with Crippen LogP contribution < -0.4 is 20.1 Å². The molecule has 0 atom stereocenters. The predicted molar refractivity (Wildman–Crippen MR) is 116 cm³/mol. The standard InChI is InChI=1S/C22H30N4O3/c1-5-23-22(26(2)16-18-8-6-7-9-20(18)29-4)25-15-14-24-21(27)17-10-12-19(28-3)13-11-17/h6-13H,5,14-16H2,1-4H3,(H,23,25)(H,24,27). The molecule has 7 heteroatoms. The van der Waals surface area contributed by atoms with Gasteiger partial charge in [-0.3, -0.25) is 9.79 Å². The smallest absolute Gasteiger partial charge is 0.251 e. The summed E-state index contributed by atoms with van der Waals surface area (Å²) in [5.74, 6) is 2.22. The van der Waals surface area contributed by atoms with E-state index < -0.39 is 0 Å². The quantitative estimate of drug-likeness (QED) is 0.386. The van der Waals surface area contributed by atoms with Crippen LogP contribution in [0.5, 0.6) is 11.5 Å². The van der Waals surface area contributed by atoms with Crippen molar-refractivity contribution < 1.29 is 14.3 Å². The number of methoxy groups -OCH3 is 2. The van der Waals surface area contributed by atoms with E-state index in [1.807, 2.05) is 43.1 Å². The minimum absolute atomic E-state index is 0.129. The van der Waals surface area contributed by atoms with Gasteiger partial charge >= 0.3 is 0 Å². The number of hydrogen-bond donors (Lipinski definition) is 2. The Morgan fingerprint density at radius 2 is 1.76 bits per heavy atom. The second kappa shape index (κ2) is 11.6. The highest BCUT2D eigenvalue weighted by Crippen LogP contribution is 2.18. The number of ether oxygens (including phenoxy) is 2. The third-order valence-corrected chi connectivity index (χ3v) is 4.31. The molecule has 0 bridgehead atoms. The van der Waals surface area contributed by atoms with Gasteiger partial charge in [0.1, 0.15) is 11.5 Å². The Morgan fingerprint density at radius 3 is 2.41 bits per heavy atom. The average molecular weight is 399 g/mol. The lowest BCUT2D eigenvalue weighted by Crippen LogP contribution is -2.39. The Kier molecular flexibility index (Phi) is 8.82. The van der Waals surface area contributed by atoms with Gasteiger partial charge in [-0.05, 0) is 37.3 Å². The summed E-state index contributed by atoms with van der Waals surface area (Å²) in [5.41, 5.74) is 1.67. The van der Waals surface area contributed by atoms with Crippen LogP contribution in [0.1, 0.15) is 22.8 Å². The third kappa shape index (κ3) is 6.71. The van der Waals surface area contributed by atoms with Gasteiger partial charge in [0.2, 0.25) is 0 Å². The number of para-hydroxylation sites is 1. The first-order valence-corrected chi connectivity index (χ1v) is 9.62. The molecule has 0 unspecified atom stereocenters. The zero-order chi connectivity index (χ0) is 21.1. The number of amides is 1. The van der Waals surface area contributed by atoms with E-state index in [1.165, 1.54) is 0 Å². The Hall–Kier alpha value is -3.22. The van der Waals surface area contributed by atoms with Crippen LogP contribution in [0.25, 0.3) is 0 Å². The van der Waals surface area contributed by atoms with Crippen molar-refractivity contribution in [3.63, 3.8) is 0 Å². The first kappa shape index (κ1) is 22.1. The van der Waals surface area contributed by atoms with Crippen LogP contribution >= 0.6 is 0 Å². The average Bonchev–Trinajstić information content (AvgIpc) is 2.76. The lowest BCUT2D eigenvalue weighted by atomic mass is 10.2. The maximum Gasteiger partial charge on any atom is 0.251 e. The fraction of sp³-hybridized carbons (Fsp3) is 0.364. The number of nitrogens with zero attached hydrogens (tertiary/aromatic N) is 2. The molecule has 0 saturated carbocycles. The molecule has 0 aliphatic rings. The molecule has 0 aromatic heterocycles. The Balaban J connectivity index is 1.91. The van der Waals surface area contributed by atoms with Crippen LogP contribution in [0.15, 0.2) is 53.5 Å². The highest BCUT2D eigenvalue weighted by Gasteiger charge is 2.10. The summed E-state index contributed by atoms with van der Waals surface area (Å²) in [6.07, 6.45) is 0. The van der Waals surface area contributed by atoms with Crippen molar-refractivity contribution in [2.45, 2.75) is 13.5 Å². The maximum absolute atomic E-state index is 12.2. The third-order valence-electron chi connectivity index (χ3n) is 4.31. The van der Waals surface area contributed by atoms with Crippen LogP contribution in [-0.2, 0) is 6.54 Å². The van der Waals surface area contributed by atoms with Gasteiger partial charge in [0, 0.05) is 37.8 Å². The molecule has 156 valence electrons. The molecular formula is C22H30N4O3. The van der Waals surface area contributed by atoms with Gasteiger partial charge in [-0.15, -0.1) is 0 Å². The van der Waals surface area contributed by atoms with Crippen molar-refractivity contribution in [2.24, 2.45) is 4.99 Å². The van der Waals surface area contributed by atoms with Crippen molar-refractivity contribution in [1.29, 1.82) is 0 Å². The van der Waals surface area contributed by atoms with Crippen LogP contribution in [0, 0.1) is 0 Å². The number of benzene rings is 2. The molecular weight excluding hydrogens is 368 g/mol. The Morgan fingerprint density at radius 1 is 1.03 bits per heavy atom. The lowest BCUT2D eigenvalue weighted by molar-refractivity contribution is 0.0954. The van der Waals surface area contributed by atoms with E-state index >= 15 is 0 Å². The highest BCUT2D eigenvalue weighted by atomic mass is 16.5. The van der Waals surface area contributed by atoms with Gasteiger partial charge in [-0.2, -0.15) is 0 Å². The maximum atomic E-state index is 12.2. The van der Waals surface area contributed by atoms with Gasteiger partial charge in [0.25, 0.3) is 5.91 Å². The van der Waals surface area contributed by atoms with Crippen molar-refractivity contribution in [3.05, 3.63) is 59.7 Å². The van der Waals surface area contributed by atoms with E-state index in [2.05, 4.69) is 15.6 Å². The summed E-state index contributed by atoms with van der Waals surface area (Å²) in [6, 6.07) is 14.9. The highest BCUT2D eigenvalue weighted by molar-refractivity contribution is 5.94. The van der Waals surface area contributed by atoms with E-state index in [9.17, 15) is 4.79 Å². The zero-order valence-corrected chi connectivity index (χ0v) is 17.6. The zero-order valence-electron chi connectivity index (χ0n) is 17.6. The predicted octanol–water partition coefficient (Wildman–Crippen LogP) is 2.53. The first-order valence-electron chi connectivity index (χ1n) is 9.62. The summed E-state index contributed by atoms with van der Waals surface area (Å²) < 4.78 is 10.5. The number of carbonyl (C=O) groups excluding carboxylic acids is 1. The summed E-state index contributed by atoms with van der Waals surface area (Å²) in [4.78, 5) is 18.9. The largest absolute Gasteiger partial charge is 0.497 e. The topological polar surface area (TPSA) is 75.2 Å². The fourth-order valence-electron chi connectivity index (χ4n) is 2.81. The second-order valence-electron chi connectivity index (χ2n) is 6.39. The molecule has 2 aromatic carbocycles. The molecule has 0 fully saturated rings. The van der Waals surface area contributed by atoms with E-state index in [4.69, 9.17) is 9.47 Å². The second-order valence-corrected chi connectivity index (χ2v) is 6.39. The molecule has 0 heterocycles. The minimum Gasteiger partial charge on any atom is -0.497 e. The number of hydrogen-bond acceptors (Lipinski definition) is 4. The van der Waals surface area contributed by atoms with E-state index in [-0.39, 0.29) is 5.91 Å². The van der Waals surface area contributed by atoms with Crippen LogP contribution in [0.4, 0.5) is 0 Å². The molecule has 0 aliphatic carbocycles. The molecule has 2 rings (SSSR count). The van der Waals surface area contributed by atoms with Gasteiger partial charge in [-0.25, -0.2) is 0 Å². The molecule has 0 saturated heterocycles. The molecule has 1 amide bonds. The van der Waals surface area contributed by atoms with E-state index in [0.717, 1.165) is 29.6 Å². The molecule has 2 N–H and O–H groups in total. The van der Waals surface area contributed by atoms with Gasteiger partial charge in [0.15, 0.2) is 5.96 Å². The lowest BCUT2D eigenvalue weighted by Gasteiger charge is -2.23. The molecule has 0 aliphatic heterocycles. The Bertz CT molecular complexity index is 806. The molecule has 0 spiro atoms. The SMILES string of the molecule is CCNC(=NCCNC(=O)c1ccc(OC)cc1)N(C)Cc1ccccc1OC. The summed E-state index contributed by atoms with van der Waals surface area (Å²) >= 11 is 0. The van der Waals surface area contributed by atoms with Crippen molar-refractivity contribution in [3.8, 4) is 11.5 Å². The van der Waals surface area contributed by atoms with Crippen LogP contribution in [0.2, 0.25) is 0 Å². The van der Waals surface area contributed by atoms with Gasteiger partial charge in [0.05, 0.1) is 20.8 Å². The van der Waals surface area contributed by atoms with E-state index in [0.29, 0.717) is 25.2 Å². The van der Waals surface area contributed by atoms with Crippen molar-refractivity contribution in [1.82, 2.24) is 15.5 Å². The van der Waals surface area contributed by atoms with E-state index in [1.54, 1.807) is 38.5 Å². The number of nitrogens with one attached hydrogen (secondary N) is 2. The monoisotopic (exact) mass is 398 g/mol. The van der Waals surface area contributed by atoms with Gasteiger partial charge in [-0.1, -0.05) is 18.2 Å². The number of carbonyl (C=O) groups is 1. The Labute approximate surface area is 172 Å². The number of guanidine groups is 1. The molecule has 0 radical (unpaired) electrons. The number of aliphatic imine (C=N–C) groups is 1.